The average Bonchev–Trinajstić information content (AvgIpc) is 2.30. The second kappa shape index (κ2) is 5.40. The Labute approximate surface area is 105 Å². The van der Waals surface area contributed by atoms with Gasteiger partial charge in [-0.3, -0.25) is 9.59 Å². The molecule has 0 spiro atoms. The lowest BCUT2D eigenvalue weighted by Crippen LogP contribution is -2.36. The molecule has 0 bridgehead atoms. The van der Waals surface area contributed by atoms with E-state index in [2.05, 4.69) is 19.2 Å². The summed E-state index contributed by atoms with van der Waals surface area (Å²) in [5.41, 5.74) is 0.228. The Balaban J connectivity index is 2.71. The highest BCUT2D eigenvalue weighted by molar-refractivity contribution is 7.99. The molecule has 0 saturated carbocycles. The molecule has 0 aliphatic carbocycles. The summed E-state index contributed by atoms with van der Waals surface area (Å²) < 4.78 is 1.43. The molecule has 1 rings (SSSR count). The number of carbonyl (C=O) groups is 1. The van der Waals surface area contributed by atoms with Gasteiger partial charge in [-0.25, -0.2) is 0 Å². The minimum absolute atomic E-state index is 0.00456. The lowest BCUT2D eigenvalue weighted by Gasteiger charge is -2.22. The van der Waals surface area contributed by atoms with Crippen LogP contribution in [-0.4, -0.2) is 28.0 Å². The first kappa shape index (κ1) is 13.8. The van der Waals surface area contributed by atoms with Crippen molar-refractivity contribution in [3.8, 4) is 0 Å². The van der Waals surface area contributed by atoms with Crippen molar-refractivity contribution in [2.45, 2.75) is 18.6 Å². The zero-order valence-electron chi connectivity index (χ0n) is 10.6. The number of carbonyl (C=O) groups excluding carboxylic acids is 1. The molecule has 5 heteroatoms. The summed E-state index contributed by atoms with van der Waals surface area (Å²) in [5.74, 6) is -0.204. The number of nitrogens with zero attached hydrogens (tertiary/aromatic N) is 1. The maximum Gasteiger partial charge on any atom is 0.251 e. The van der Waals surface area contributed by atoms with Crippen molar-refractivity contribution < 1.29 is 4.79 Å². The molecule has 1 aromatic heterocycles. The molecular formula is C12H18N2O2S. The van der Waals surface area contributed by atoms with Crippen molar-refractivity contribution in [1.29, 1.82) is 0 Å². The van der Waals surface area contributed by atoms with Crippen molar-refractivity contribution in [2.24, 2.45) is 7.05 Å². The molecule has 0 unspecified atom stereocenters. The number of thioether (sulfide) groups is 1. The zero-order chi connectivity index (χ0) is 13.1. The van der Waals surface area contributed by atoms with Crippen LogP contribution in [0.1, 0.15) is 24.2 Å². The van der Waals surface area contributed by atoms with E-state index in [1.807, 2.05) is 6.26 Å². The van der Waals surface area contributed by atoms with E-state index in [1.54, 1.807) is 31.1 Å². The van der Waals surface area contributed by atoms with E-state index in [1.165, 1.54) is 10.6 Å². The summed E-state index contributed by atoms with van der Waals surface area (Å²) in [6, 6.07) is 2.99. The topological polar surface area (TPSA) is 51.1 Å². The predicted octanol–water partition coefficient (Wildman–Crippen LogP) is 1.26. The largest absolute Gasteiger partial charge is 0.351 e. The van der Waals surface area contributed by atoms with Crippen molar-refractivity contribution in [1.82, 2.24) is 9.88 Å². The molecule has 17 heavy (non-hydrogen) atoms. The second-order valence-electron chi connectivity index (χ2n) is 4.51. The van der Waals surface area contributed by atoms with Gasteiger partial charge in [-0.15, -0.1) is 0 Å². The fourth-order valence-electron chi connectivity index (χ4n) is 1.16. The highest BCUT2D eigenvalue weighted by Crippen LogP contribution is 2.19. The van der Waals surface area contributed by atoms with Crippen LogP contribution < -0.4 is 10.9 Å². The van der Waals surface area contributed by atoms with Crippen LogP contribution in [-0.2, 0) is 7.05 Å². The molecule has 1 amide bonds. The lowest BCUT2D eigenvalue weighted by molar-refractivity contribution is 0.0950. The van der Waals surface area contributed by atoms with Gasteiger partial charge in [-0.05, 0) is 26.2 Å². The van der Waals surface area contributed by atoms with Crippen LogP contribution >= 0.6 is 11.8 Å². The fourth-order valence-corrected chi connectivity index (χ4v) is 1.37. The van der Waals surface area contributed by atoms with Crippen molar-refractivity contribution in [2.75, 3.05) is 12.8 Å². The standard InChI is InChI=1S/C12H18N2O2S/c1-12(2,17-4)8-13-11(16)9-5-6-14(3)10(15)7-9/h5-7H,8H2,1-4H3,(H,13,16). The number of hydrogen-bond acceptors (Lipinski definition) is 3. The van der Waals surface area contributed by atoms with Crippen LogP contribution in [0.5, 0.6) is 0 Å². The van der Waals surface area contributed by atoms with Crippen LogP contribution in [0.4, 0.5) is 0 Å². The van der Waals surface area contributed by atoms with Crippen LogP contribution in [0, 0.1) is 0 Å². The first-order valence-corrected chi connectivity index (χ1v) is 6.58. The van der Waals surface area contributed by atoms with Gasteiger partial charge in [0.2, 0.25) is 0 Å². The van der Waals surface area contributed by atoms with Gasteiger partial charge >= 0.3 is 0 Å². The quantitative estimate of drug-likeness (QED) is 0.880. The predicted molar refractivity (Wildman–Crippen MR) is 71.6 cm³/mol. The highest BCUT2D eigenvalue weighted by atomic mass is 32.2. The summed E-state index contributed by atoms with van der Waals surface area (Å²) in [6.07, 6.45) is 3.60. The minimum atomic E-state index is -0.204. The van der Waals surface area contributed by atoms with E-state index < -0.39 is 0 Å². The monoisotopic (exact) mass is 254 g/mol. The van der Waals surface area contributed by atoms with Crippen LogP contribution in [0.2, 0.25) is 0 Å². The van der Waals surface area contributed by atoms with Gasteiger partial charge in [0.1, 0.15) is 0 Å². The summed E-state index contributed by atoms with van der Waals surface area (Å²) in [4.78, 5) is 23.2. The Hall–Kier alpha value is -1.23. The maximum atomic E-state index is 11.8. The first-order chi connectivity index (χ1) is 7.85. The molecular weight excluding hydrogens is 236 g/mol. The van der Waals surface area contributed by atoms with E-state index in [9.17, 15) is 9.59 Å². The minimum Gasteiger partial charge on any atom is -0.351 e. The van der Waals surface area contributed by atoms with E-state index >= 15 is 0 Å². The van der Waals surface area contributed by atoms with Gasteiger partial charge in [0, 0.05) is 36.2 Å². The first-order valence-electron chi connectivity index (χ1n) is 5.36. The number of pyridine rings is 1. The molecule has 0 aromatic carbocycles. The third-order valence-corrected chi connectivity index (χ3v) is 3.84. The van der Waals surface area contributed by atoms with Crippen molar-refractivity contribution in [3.05, 3.63) is 34.2 Å². The van der Waals surface area contributed by atoms with E-state index in [-0.39, 0.29) is 16.2 Å². The molecule has 1 heterocycles. The Morgan fingerprint density at radius 2 is 2.18 bits per heavy atom. The Bertz CT molecular complexity index is 466. The van der Waals surface area contributed by atoms with Gasteiger partial charge in [0.05, 0.1) is 0 Å². The van der Waals surface area contributed by atoms with E-state index in [4.69, 9.17) is 0 Å². The van der Waals surface area contributed by atoms with Crippen LogP contribution in [0.15, 0.2) is 23.1 Å². The lowest BCUT2D eigenvalue weighted by atomic mass is 10.2. The summed E-state index contributed by atoms with van der Waals surface area (Å²) in [6.45, 7) is 4.69. The summed E-state index contributed by atoms with van der Waals surface area (Å²) in [5, 5.41) is 2.83. The summed E-state index contributed by atoms with van der Waals surface area (Å²) >= 11 is 1.69. The highest BCUT2D eigenvalue weighted by Gasteiger charge is 2.17. The second-order valence-corrected chi connectivity index (χ2v) is 6.02. The summed E-state index contributed by atoms with van der Waals surface area (Å²) in [7, 11) is 1.65. The average molecular weight is 254 g/mol. The molecule has 94 valence electrons. The third kappa shape index (κ3) is 3.93. The fraction of sp³-hybridized carbons (Fsp3) is 0.500. The third-order valence-electron chi connectivity index (χ3n) is 2.59. The zero-order valence-corrected chi connectivity index (χ0v) is 11.4. The normalized spacial score (nSPS) is 11.3. The number of hydrogen-bond donors (Lipinski definition) is 1. The molecule has 0 radical (unpaired) electrons. The molecule has 0 atom stereocenters. The number of aryl methyl sites for hydroxylation is 1. The molecule has 1 N–H and O–H groups in total. The molecule has 4 nitrogen and oxygen atoms in total. The smallest absolute Gasteiger partial charge is 0.251 e. The molecule has 0 fully saturated rings. The van der Waals surface area contributed by atoms with Gasteiger partial charge < -0.3 is 9.88 Å². The number of rotatable bonds is 4. The van der Waals surface area contributed by atoms with Crippen LogP contribution in [0.3, 0.4) is 0 Å². The number of amides is 1. The number of aromatic nitrogens is 1. The molecule has 0 saturated heterocycles. The van der Waals surface area contributed by atoms with Crippen LogP contribution in [0.25, 0.3) is 0 Å². The number of nitrogens with one attached hydrogen (secondary N) is 1. The SMILES string of the molecule is CSC(C)(C)CNC(=O)c1ccn(C)c(=O)c1. The Kier molecular flexibility index (Phi) is 4.40. The molecule has 0 aliphatic heterocycles. The van der Waals surface area contributed by atoms with Gasteiger partial charge in [-0.2, -0.15) is 11.8 Å². The van der Waals surface area contributed by atoms with Crippen molar-refractivity contribution in [3.63, 3.8) is 0 Å². The Morgan fingerprint density at radius 1 is 1.53 bits per heavy atom. The van der Waals surface area contributed by atoms with E-state index in [0.717, 1.165) is 0 Å². The van der Waals surface area contributed by atoms with Gasteiger partial charge in [0.15, 0.2) is 0 Å². The van der Waals surface area contributed by atoms with Gasteiger partial charge in [0.25, 0.3) is 11.5 Å². The maximum absolute atomic E-state index is 11.8. The van der Waals surface area contributed by atoms with E-state index in [0.29, 0.717) is 12.1 Å². The Morgan fingerprint density at radius 3 is 2.71 bits per heavy atom. The van der Waals surface area contributed by atoms with Crippen molar-refractivity contribution >= 4 is 17.7 Å². The molecule has 1 aromatic rings. The van der Waals surface area contributed by atoms with Gasteiger partial charge in [-0.1, -0.05) is 0 Å². The molecule has 0 aliphatic rings.